The lowest BCUT2D eigenvalue weighted by atomic mass is 9.94. The molecule has 4 heteroatoms. The van der Waals surface area contributed by atoms with Gasteiger partial charge < -0.3 is 10.5 Å². The van der Waals surface area contributed by atoms with Gasteiger partial charge >= 0.3 is 0 Å². The lowest BCUT2D eigenvalue weighted by Gasteiger charge is -2.14. The molecule has 2 aromatic carbocycles. The quantitative estimate of drug-likeness (QED) is 0.723. The van der Waals surface area contributed by atoms with Crippen LogP contribution in [0.1, 0.15) is 22.3 Å². The van der Waals surface area contributed by atoms with Crippen LogP contribution in [0.2, 0.25) is 0 Å². The molecule has 0 amide bonds. The second-order valence-electron chi connectivity index (χ2n) is 6.43. The van der Waals surface area contributed by atoms with Crippen molar-refractivity contribution < 1.29 is 4.74 Å². The second kappa shape index (κ2) is 8.35. The van der Waals surface area contributed by atoms with Crippen molar-refractivity contribution in [3.63, 3.8) is 0 Å². The molecule has 0 aliphatic carbocycles. The van der Waals surface area contributed by atoms with Crippen molar-refractivity contribution in [3.8, 4) is 5.75 Å². The van der Waals surface area contributed by atoms with E-state index in [0.29, 0.717) is 13.2 Å². The number of pyridine rings is 1. The first-order valence-electron chi connectivity index (χ1n) is 9.20. The number of hydrogen-bond acceptors (Lipinski definition) is 4. The Morgan fingerprint density at radius 2 is 1.86 bits per heavy atom. The molecule has 1 aliphatic rings. The molecule has 0 spiro atoms. The molecule has 1 aromatic heterocycles. The highest BCUT2D eigenvalue weighted by molar-refractivity contribution is 6.32. The van der Waals surface area contributed by atoms with E-state index in [1.807, 2.05) is 42.5 Å². The normalized spacial score (nSPS) is 13.4. The molecule has 28 heavy (non-hydrogen) atoms. The lowest BCUT2D eigenvalue weighted by molar-refractivity contribution is 0.306. The minimum Gasteiger partial charge on any atom is -0.489 e. The summed E-state index contributed by atoms with van der Waals surface area (Å²) in [5.41, 5.74) is 12.0. The third kappa shape index (κ3) is 3.86. The van der Waals surface area contributed by atoms with E-state index in [2.05, 4.69) is 35.3 Å². The number of nitrogens with two attached hydrogens (primary N) is 1. The number of aliphatic imine (C=N–C) groups is 1. The number of ether oxygens (including phenoxy) is 1. The number of aromatic nitrogens is 1. The highest BCUT2D eigenvalue weighted by Gasteiger charge is 2.17. The fourth-order valence-corrected chi connectivity index (χ4v) is 3.21. The van der Waals surface area contributed by atoms with Crippen LogP contribution >= 0.6 is 0 Å². The lowest BCUT2D eigenvalue weighted by Crippen LogP contribution is -2.09. The van der Waals surface area contributed by atoms with Gasteiger partial charge in [0.2, 0.25) is 0 Å². The SMILES string of the molecule is NC=C(C1=NCC=Cc2cc(OCc3ccccc3)ccc21)c1ccncc1. The summed E-state index contributed by atoms with van der Waals surface area (Å²) in [5.74, 6) is 0.829. The van der Waals surface area contributed by atoms with Crippen molar-refractivity contribution >= 4 is 17.4 Å². The summed E-state index contributed by atoms with van der Waals surface area (Å²) in [4.78, 5) is 8.85. The van der Waals surface area contributed by atoms with E-state index in [9.17, 15) is 0 Å². The van der Waals surface area contributed by atoms with Crippen molar-refractivity contribution in [2.75, 3.05) is 6.54 Å². The Labute approximate surface area is 164 Å². The van der Waals surface area contributed by atoms with E-state index in [0.717, 1.165) is 39.3 Å². The molecule has 0 fully saturated rings. The molecule has 138 valence electrons. The zero-order valence-corrected chi connectivity index (χ0v) is 15.5. The van der Waals surface area contributed by atoms with Gasteiger partial charge in [-0.15, -0.1) is 0 Å². The van der Waals surface area contributed by atoms with Crippen LogP contribution in [0.5, 0.6) is 5.75 Å². The predicted molar refractivity (Wildman–Crippen MR) is 114 cm³/mol. The summed E-state index contributed by atoms with van der Waals surface area (Å²) >= 11 is 0. The molecule has 0 atom stereocenters. The van der Waals surface area contributed by atoms with Crippen molar-refractivity contribution in [2.45, 2.75) is 6.61 Å². The summed E-state index contributed by atoms with van der Waals surface area (Å²) in [7, 11) is 0. The summed E-state index contributed by atoms with van der Waals surface area (Å²) in [5, 5.41) is 0. The summed E-state index contributed by atoms with van der Waals surface area (Å²) in [6.45, 7) is 1.14. The Hall–Kier alpha value is -3.66. The van der Waals surface area contributed by atoms with Gasteiger partial charge in [0.05, 0.1) is 12.3 Å². The van der Waals surface area contributed by atoms with E-state index >= 15 is 0 Å². The van der Waals surface area contributed by atoms with E-state index in [1.54, 1.807) is 18.6 Å². The fraction of sp³-hybridized carbons (Fsp3) is 0.0833. The van der Waals surface area contributed by atoms with Gasteiger partial charge in [0, 0.05) is 29.7 Å². The Kier molecular flexibility index (Phi) is 5.29. The van der Waals surface area contributed by atoms with Gasteiger partial charge in [-0.3, -0.25) is 9.98 Å². The average molecular weight is 367 g/mol. The smallest absolute Gasteiger partial charge is 0.120 e. The summed E-state index contributed by atoms with van der Waals surface area (Å²) in [6, 6.07) is 20.1. The van der Waals surface area contributed by atoms with E-state index in [1.165, 1.54) is 0 Å². The number of hydrogen-bond donors (Lipinski definition) is 1. The number of fused-ring (bicyclic) bond motifs is 1. The maximum Gasteiger partial charge on any atom is 0.120 e. The van der Waals surface area contributed by atoms with Crippen molar-refractivity contribution in [1.29, 1.82) is 0 Å². The monoisotopic (exact) mass is 367 g/mol. The molecule has 4 nitrogen and oxygen atoms in total. The molecule has 1 aliphatic heterocycles. The second-order valence-corrected chi connectivity index (χ2v) is 6.43. The predicted octanol–water partition coefficient (Wildman–Crippen LogP) is 4.48. The average Bonchev–Trinajstić information content (AvgIpc) is 2.97. The highest BCUT2D eigenvalue weighted by atomic mass is 16.5. The van der Waals surface area contributed by atoms with Crippen LogP contribution in [0.3, 0.4) is 0 Å². The summed E-state index contributed by atoms with van der Waals surface area (Å²) < 4.78 is 5.98. The Bertz CT molecular complexity index is 1040. The number of nitrogens with zero attached hydrogens (tertiary/aromatic N) is 2. The van der Waals surface area contributed by atoms with Crippen molar-refractivity contribution in [2.24, 2.45) is 10.7 Å². The van der Waals surface area contributed by atoms with Crippen LogP contribution in [0, 0.1) is 0 Å². The van der Waals surface area contributed by atoms with Crippen molar-refractivity contribution in [1.82, 2.24) is 4.98 Å². The molecule has 2 N–H and O–H groups in total. The maximum atomic E-state index is 5.98. The number of rotatable bonds is 5. The largest absolute Gasteiger partial charge is 0.489 e. The molecule has 2 heterocycles. The molecule has 3 aromatic rings. The molecule has 0 unspecified atom stereocenters. The Morgan fingerprint density at radius 3 is 2.64 bits per heavy atom. The fourth-order valence-electron chi connectivity index (χ4n) is 3.21. The van der Waals surface area contributed by atoms with Crippen molar-refractivity contribution in [3.05, 3.63) is 108 Å². The zero-order valence-electron chi connectivity index (χ0n) is 15.5. The Morgan fingerprint density at radius 1 is 1.04 bits per heavy atom. The first kappa shape index (κ1) is 17.7. The van der Waals surface area contributed by atoms with Crippen LogP contribution in [0.25, 0.3) is 11.6 Å². The van der Waals surface area contributed by atoms with Gasteiger partial charge in [-0.05, 0) is 47.0 Å². The minimum absolute atomic E-state index is 0.537. The molecule has 0 bridgehead atoms. The molecule has 0 saturated carbocycles. The summed E-state index contributed by atoms with van der Waals surface area (Å²) in [6.07, 6.45) is 9.27. The van der Waals surface area contributed by atoms with Gasteiger partial charge in [-0.25, -0.2) is 0 Å². The first-order chi connectivity index (χ1) is 13.8. The zero-order chi connectivity index (χ0) is 19.2. The highest BCUT2D eigenvalue weighted by Crippen LogP contribution is 2.28. The van der Waals surface area contributed by atoms with Crippen LogP contribution in [-0.2, 0) is 6.61 Å². The van der Waals surface area contributed by atoms with E-state index in [4.69, 9.17) is 15.5 Å². The van der Waals surface area contributed by atoms with Gasteiger partial charge in [0.25, 0.3) is 0 Å². The van der Waals surface area contributed by atoms with Crippen LogP contribution < -0.4 is 10.5 Å². The standard InChI is InChI=1S/C24H21N3O/c25-16-23(19-10-13-26-14-11-19)24-22-9-8-21(15-20(22)7-4-12-27-24)28-17-18-5-2-1-3-6-18/h1-11,13-16H,12,17,25H2. The van der Waals surface area contributed by atoms with Crippen LogP contribution in [0.15, 0.2) is 90.3 Å². The molecule has 0 saturated heterocycles. The first-order valence-corrected chi connectivity index (χ1v) is 9.20. The van der Waals surface area contributed by atoms with Gasteiger partial charge in [-0.1, -0.05) is 42.5 Å². The van der Waals surface area contributed by atoms with Gasteiger partial charge in [0.1, 0.15) is 12.4 Å². The molecule has 0 radical (unpaired) electrons. The van der Waals surface area contributed by atoms with Gasteiger partial charge in [0.15, 0.2) is 0 Å². The van der Waals surface area contributed by atoms with E-state index < -0.39 is 0 Å². The number of allylic oxidation sites excluding steroid dienone is 1. The molecular weight excluding hydrogens is 346 g/mol. The third-order valence-electron chi connectivity index (χ3n) is 4.59. The third-order valence-corrected chi connectivity index (χ3v) is 4.59. The molecule has 4 rings (SSSR count). The molecular formula is C24H21N3O. The van der Waals surface area contributed by atoms with Gasteiger partial charge in [-0.2, -0.15) is 0 Å². The number of benzene rings is 2. The van der Waals surface area contributed by atoms with E-state index in [-0.39, 0.29) is 0 Å². The van der Waals surface area contributed by atoms with Crippen LogP contribution in [0.4, 0.5) is 0 Å². The topological polar surface area (TPSA) is 60.5 Å². The maximum absolute atomic E-state index is 5.98. The Balaban J connectivity index is 1.63. The minimum atomic E-state index is 0.537. The van der Waals surface area contributed by atoms with Crippen LogP contribution in [-0.4, -0.2) is 17.2 Å².